The normalized spacial score (nSPS) is 15.7. The maximum atomic E-state index is 12.9. The van der Waals surface area contributed by atoms with E-state index in [1.165, 1.54) is 11.9 Å². The van der Waals surface area contributed by atoms with Gasteiger partial charge in [-0.1, -0.05) is 23.7 Å². The Kier molecular flexibility index (Phi) is 5.80. The van der Waals surface area contributed by atoms with Crippen molar-refractivity contribution >= 4 is 17.4 Å². The first-order chi connectivity index (χ1) is 14.0. The number of H-pyrrole nitrogens is 1. The molecule has 7 nitrogen and oxygen atoms in total. The van der Waals surface area contributed by atoms with Gasteiger partial charge in [0.05, 0.1) is 6.54 Å². The zero-order chi connectivity index (χ0) is 20.4. The Hall–Kier alpha value is -2.48. The third kappa shape index (κ3) is 4.42. The predicted octanol–water partition coefficient (Wildman–Crippen LogP) is 2.87. The maximum Gasteiger partial charge on any atom is 0.229 e. The van der Waals surface area contributed by atoms with Crippen LogP contribution < -0.4 is 0 Å². The molecule has 1 aliphatic heterocycles. The maximum absolute atomic E-state index is 12.9. The van der Waals surface area contributed by atoms with E-state index >= 15 is 0 Å². The van der Waals surface area contributed by atoms with Gasteiger partial charge in [0.15, 0.2) is 5.78 Å². The summed E-state index contributed by atoms with van der Waals surface area (Å²) in [6.45, 7) is 8.90. The summed E-state index contributed by atoms with van der Waals surface area (Å²) >= 11 is 6.08. The zero-order valence-corrected chi connectivity index (χ0v) is 17.5. The number of carbonyl (C=O) groups is 1. The van der Waals surface area contributed by atoms with Crippen molar-refractivity contribution < 1.29 is 4.79 Å². The number of nitrogens with one attached hydrogen (secondary N) is 1. The molecule has 8 heteroatoms. The lowest BCUT2D eigenvalue weighted by Gasteiger charge is -2.34. The van der Waals surface area contributed by atoms with Crippen molar-refractivity contribution in [2.45, 2.75) is 20.4 Å². The van der Waals surface area contributed by atoms with Gasteiger partial charge in [0.2, 0.25) is 5.95 Å². The molecule has 1 fully saturated rings. The van der Waals surface area contributed by atoms with E-state index in [4.69, 9.17) is 11.6 Å². The molecule has 0 atom stereocenters. The number of rotatable bonds is 6. The second-order valence-electron chi connectivity index (χ2n) is 7.53. The molecule has 3 heterocycles. The number of aryl methyl sites for hydroxylation is 1. The Morgan fingerprint density at radius 3 is 2.59 bits per heavy atom. The number of halogens is 1. The molecule has 29 heavy (non-hydrogen) atoms. The van der Waals surface area contributed by atoms with Crippen molar-refractivity contribution in [1.29, 1.82) is 0 Å². The number of aromatic amines is 1. The minimum absolute atomic E-state index is 0.146. The van der Waals surface area contributed by atoms with Crippen LogP contribution in [0.1, 0.15) is 27.3 Å². The van der Waals surface area contributed by atoms with E-state index in [0.717, 1.165) is 54.7 Å². The third-order valence-electron chi connectivity index (χ3n) is 5.47. The Labute approximate surface area is 175 Å². The molecule has 0 aliphatic carbocycles. The molecule has 0 unspecified atom stereocenters. The lowest BCUT2D eigenvalue weighted by Crippen LogP contribution is -2.47. The SMILES string of the molecule is Cc1cc(C(=O)CN2CCN(Cc3cccc(Cl)c3)CC2)c(C)n1-c1ncn[nH]1. The second kappa shape index (κ2) is 8.49. The summed E-state index contributed by atoms with van der Waals surface area (Å²) in [5, 5.41) is 7.54. The number of ketones is 1. The van der Waals surface area contributed by atoms with Crippen molar-refractivity contribution in [3.63, 3.8) is 0 Å². The predicted molar refractivity (Wildman–Crippen MR) is 113 cm³/mol. The molecule has 4 rings (SSSR count). The first-order valence-electron chi connectivity index (χ1n) is 9.78. The van der Waals surface area contributed by atoms with Gasteiger partial charge >= 0.3 is 0 Å². The quantitative estimate of drug-likeness (QED) is 0.630. The first kappa shape index (κ1) is 19.8. The molecule has 0 spiro atoms. The number of aromatic nitrogens is 4. The molecule has 0 radical (unpaired) electrons. The molecular formula is C21H25ClN6O. The summed E-state index contributed by atoms with van der Waals surface area (Å²) in [6.07, 6.45) is 1.47. The van der Waals surface area contributed by atoms with E-state index in [9.17, 15) is 4.79 Å². The van der Waals surface area contributed by atoms with Gasteiger partial charge in [-0.05, 0) is 37.6 Å². The summed E-state index contributed by atoms with van der Waals surface area (Å²) in [5.74, 6) is 0.779. The highest BCUT2D eigenvalue weighted by Crippen LogP contribution is 2.20. The first-order valence-corrected chi connectivity index (χ1v) is 10.2. The Morgan fingerprint density at radius 2 is 1.90 bits per heavy atom. The van der Waals surface area contributed by atoms with Crippen LogP contribution in [0.25, 0.3) is 5.95 Å². The molecule has 1 saturated heterocycles. The fraction of sp³-hybridized carbons (Fsp3) is 0.381. The third-order valence-corrected chi connectivity index (χ3v) is 5.71. The second-order valence-corrected chi connectivity index (χ2v) is 7.97. The summed E-state index contributed by atoms with van der Waals surface area (Å²) in [4.78, 5) is 21.8. The molecular weight excluding hydrogens is 388 g/mol. The number of piperazine rings is 1. The number of hydrogen-bond donors (Lipinski definition) is 1. The standard InChI is InChI=1S/C21H25ClN6O/c1-15-10-19(16(2)28(15)21-23-14-24-25-21)20(29)13-27-8-6-26(7-9-27)12-17-4-3-5-18(22)11-17/h3-5,10-11,14H,6-9,12-13H2,1-2H3,(H,23,24,25). The van der Waals surface area contributed by atoms with Crippen molar-refractivity contribution in [3.8, 4) is 5.95 Å². The van der Waals surface area contributed by atoms with Gasteiger partial charge in [-0.15, -0.1) is 0 Å². The van der Waals surface area contributed by atoms with E-state index in [0.29, 0.717) is 12.5 Å². The molecule has 0 amide bonds. The molecule has 2 aromatic heterocycles. The molecule has 1 N–H and O–H groups in total. The zero-order valence-electron chi connectivity index (χ0n) is 16.7. The average molecular weight is 413 g/mol. The highest BCUT2D eigenvalue weighted by molar-refractivity contribution is 6.30. The van der Waals surface area contributed by atoms with Gasteiger partial charge in [0, 0.05) is 54.7 Å². The number of Topliss-reactive ketones (excluding diaryl/α,β-unsaturated/α-hetero) is 1. The molecule has 1 aromatic carbocycles. The van der Waals surface area contributed by atoms with Gasteiger partial charge in [-0.2, -0.15) is 10.1 Å². The van der Waals surface area contributed by atoms with E-state index in [1.54, 1.807) is 0 Å². The van der Waals surface area contributed by atoms with Crippen LogP contribution in [0, 0.1) is 13.8 Å². The summed E-state index contributed by atoms with van der Waals surface area (Å²) in [6, 6.07) is 9.94. The van der Waals surface area contributed by atoms with E-state index in [2.05, 4.69) is 31.0 Å². The van der Waals surface area contributed by atoms with Crippen LogP contribution in [0.4, 0.5) is 0 Å². The van der Waals surface area contributed by atoms with Crippen LogP contribution in [0.2, 0.25) is 5.02 Å². The van der Waals surface area contributed by atoms with E-state index in [-0.39, 0.29) is 5.78 Å². The monoisotopic (exact) mass is 412 g/mol. The van der Waals surface area contributed by atoms with E-state index < -0.39 is 0 Å². The largest absolute Gasteiger partial charge is 0.297 e. The van der Waals surface area contributed by atoms with Gasteiger partial charge in [-0.25, -0.2) is 5.10 Å². The smallest absolute Gasteiger partial charge is 0.229 e. The Balaban J connectivity index is 1.35. The number of nitrogens with zero attached hydrogens (tertiary/aromatic N) is 5. The van der Waals surface area contributed by atoms with Crippen LogP contribution >= 0.6 is 11.6 Å². The van der Waals surface area contributed by atoms with E-state index in [1.807, 2.05) is 42.7 Å². The molecule has 152 valence electrons. The molecule has 0 bridgehead atoms. The van der Waals surface area contributed by atoms with Crippen LogP contribution in [-0.4, -0.2) is 68.1 Å². The molecule has 0 saturated carbocycles. The average Bonchev–Trinajstić information content (AvgIpc) is 3.31. The number of benzene rings is 1. The van der Waals surface area contributed by atoms with Crippen molar-refractivity contribution in [3.05, 3.63) is 64.2 Å². The van der Waals surface area contributed by atoms with Crippen LogP contribution in [0.3, 0.4) is 0 Å². The Bertz CT molecular complexity index is 989. The van der Waals surface area contributed by atoms with Crippen molar-refractivity contribution in [2.24, 2.45) is 0 Å². The summed E-state index contributed by atoms with van der Waals surface area (Å²) in [5.41, 5.74) is 3.83. The van der Waals surface area contributed by atoms with Gasteiger partial charge in [0.1, 0.15) is 6.33 Å². The minimum Gasteiger partial charge on any atom is -0.297 e. The lowest BCUT2D eigenvalue weighted by atomic mass is 10.1. The topological polar surface area (TPSA) is 70.1 Å². The minimum atomic E-state index is 0.146. The van der Waals surface area contributed by atoms with Gasteiger partial charge in [0.25, 0.3) is 0 Å². The molecule has 3 aromatic rings. The van der Waals surface area contributed by atoms with Crippen molar-refractivity contribution in [1.82, 2.24) is 29.5 Å². The lowest BCUT2D eigenvalue weighted by molar-refractivity contribution is 0.0843. The fourth-order valence-electron chi connectivity index (χ4n) is 3.97. The Morgan fingerprint density at radius 1 is 1.14 bits per heavy atom. The summed E-state index contributed by atoms with van der Waals surface area (Å²) in [7, 11) is 0. The van der Waals surface area contributed by atoms with Crippen LogP contribution in [0.15, 0.2) is 36.7 Å². The van der Waals surface area contributed by atoms with Crippen molar-refractivity contribution in [2.75, 3.05) is 32.7 Å². The van der Waals surface area contributed by atoms with Crippen LogP contribution in [-0.2, 0) is 6.54 Å². The molecule has 1 aliphatic rings. The number of carbonyl (C=O) groups excluding carboxylic acids is 1. The highest BCUT2D eigenvalue weighted by Gasteiger charge is 2.23. The highest BCUT2D eigenvalue weighted by atomic mass is 35.5. The van der Waals surface area contributed by atoms with Gasteiger partial charge < -0.3 is 0 Å². The summed E-state index contributed by atoms with van der Waals surface area (Å²) < 4.78 is 1.93. The van der Waals surface area contributed by atoms with Crippen LogP contribution in [0.5, 0.6) is 0 Å². The van der Waals surface area contributed by atoms with Gasteiger partial charge in [-0.3, -0.25) is 19.2 Å². The number of hydrogen-bond acceptors (Lipinski definition) is 5. The fourth-order valence-corrected chi connectivity index (χ4v) is 4.18.